The van der Waals surface area contributed by atoms with E-state index in [0.717, 1.165) is 19.5 Å². The molecular weight excluding hydrogens is 318 g/mol. The lowest BCUT2D eigenvalue weighted by Crippen LogP contribution is -2.42. The van der Waals surface area contributed by atoms with Crippen molar-refractivity contribution < 1.29 is 14.3 Å². The van der Waals surface area contributed by atoms with Crippen molar-refractivity contribution in [1.82, 2.24) is 4.90 Å². The number of piperidine rings is 1. The number of nitrogens with two attached hydrogens (primary N) is 1. The highest BCUT2D eigenvalue weighted by Gasteiger charge is 2.27. The van der Waals surface area contributed by atoms with Gasteiger partial charge in [0.25, 0.3) is 5.91 Å². The first-order valence-electron chi connectivity index (χ1n) is 8.85. The summed E-state index contributed by atoms with van der Waals surface area (Å²) in [5, 5.41) is 2.83. The van der Waals surface area contributed by atoms with Gasteiger partial charge in [-0.2, -0.15) is 0 Å². The predicted octanol–water partition coefficient (Wildman–Crippen LogP) is 2.11. The van der Waals surface area contributed by atoms with E-state index >= 15 is 0 Å². The van der Waals surface area contributed by atoms with Gasteiger partial charge in [0, 0.05) is 26.7 Å². The minimum Gasteiger partial charge on any atom is -0.380 e. The van der Waals surface area contributed by atoms with Gasteiger partial charge in [0.1, 0.15) is 0 Å². The number of nitrogens with one attached hydrogen (secondary N) is 1. The molecule has 0 aliphatic carbocycles. The van der Waals surface area contributed by atoms with Crippen LogP contribution in [-0.4, -0.2) is 49.6 Å². The van der Waals surface area contributed by atoms with E-state index in [0.29, 0.717) is 23.1 Å². The largest absolute Gasteiger partial charge is 0.380 e. The van der Waals surface area contributed by atoms with E-state index in [1.807, 2.05) is 17.0 Å². The smallest absolute Gasteiger partial charge is 0.255 e. The Morgan fingerprint density at radius 3 is 2.52 bits per heavy atom. The molecule has 138 valence electrons. The second-order valence-corrected chi connectivity index (χ2v) is 7.05. The fourth-order valence-corrected chi connectivity index (χ4v) is 3.45. The third-order valence-electron chi connectivity index (χ3n) is 4.60. The highest BCUT2D eigenvalue weighted by Crippen LogP contribution is 2.25. The SMILES string of the molecule is COC(CN)CC(=O)Nc1ccccc1C(=O)N1CC(C)CC(C)C1. The van der Waals surface area contributed by atoms with E-state index in [9.17, 15) is 9.59 Å². The minimum atomic E-state index is -0.327. The molecule has 2 rings (SSSR count). The maximum Gasteiger partial charge on any atom is 0.255 e. The van der Waals surface area contributed by atoms with Crippen molar-refractivity contribution in [2.24, 2.45) is 17.6 Å². The maximum atomic E-state index is 13.0. The highest BCUT2D eigenvalue weighted by atomic mass is 16.5. The lowest BCUT2D eigenvalue weighted by molar-refractivity contribution is -0.118. The van der Waals surface area contributed by atoms with Gasteiger partial charge in [0.15, 0.2) is 0 Å². The number of likely N-dealkylation sites (tertiary alicyclic amines) is 1. The van der Waals surface area contributed by atoms with Crippen molar-refractivity contribution in [2.45, 2.75) is 32.8 Å². The van der Waals surface area contributed by atoms with E-state index in [1.165, 1.54) is 7.11 Å². The van der Waals surface area contributed by atoms with Crippen LogP contribution in [0, 0.1) is 11.8 Å². The molecule has 1 aliphatic heterocycles. The van der Waals surface area contributed by atoms with Crippen LogP contribution in [0.1, 0.15) is 37.0 Å². The predicted molar refractivity (Wildman–Crippen MR) is 98.4 cm³/mol. The third kappa shape index (κ3) is 5.28. The van der Waals surface area contributed by atoms with Gasteiger partial charge in [-0.25, -0.2) is 0 Å². The summed E-state index contributed by atoms with van der Waals surface area (Å²) in [5.41, 5.74) is 6.62. The molecule has 1 aromatic rings. The summed E-state index contributed by atoms with van der Waals surface area (Å²) in [6, 6.07) is 7.15. The molecule has 1 aliphatic rings. The number of anilines is 1. The average molecular weight is 347 g/mol. The first kappa shape index (κ1) is 19.4. The fourth-order valence-electron chi connectivity index (χ4n) is 3.45. The summed E-state index contributed by atoms with van der Waals surface area (Å²) >= 11 is 0. The number of ether oxygens (including phenoxy) is 1. The van der Waals surface area contributed by atoms with Crippen LogP contribution in [0.4, 0.5) is 5.69 Å². The molecule has 1 aromatic carbocycles. The summed E-state index contributed by atoms with van der Waals surface area (Å²) in [6.07, 6.45) is 0.971. The number of nitrogens with zero attached hydrogens (tertiary/aromatic N) is 1. The number of carbonyl (C=O) groups excluding carboxylic acids is 2. The van der Waals surface area contributed by atoms with Gasteiger partial charge in [0.05, 0.1) is 23.8 Å². The Morgan fingerprint density at radius 2 is 1.92 bits per heavy atom. The zero-order chi connectivity index (χ0) is 18.4. The van der Waals surface area contributed by atoms with E-state index in [1.54, 1.807) is 12.1 Å². The van der Waals surface area contributed by atoms with Crippen LogP contribution in [0.15, 0.2) is 24.3 Å². The molecule has 0 aromatic heterocycles. The molecular formula is C19H29N3O3. The van der Waals surface area contributed by atoms with Crippen molar-refractivity contribution in [3.63, 3.8) is 0 Å². The van der Waals surface area contributed by atoms with Crippen LogP contribution in [0.5, 0.6) is 0 Å². The maximum absolute atomic E-state index is 13.0. The quantitative estimate of drug-likeness (QED) is 0.825. The Balaban J connectivity index is 2.11. The van der Waals surface area contributed by atoms with Crippen molar-refractivity contribution in [3.05, 3.63) is 29.8 Å². The molecule has 0 bridgehead atoms. The normalized spacial score (nSPS) is 21.7. The molecule has 1 saturated heterocycles. The van der Waals surface area contributed by atoms with E-state index < -0.39 is 0 Å². The number of hydrogen-bond donors (Lipinski definition) is 2. The lowest BCUT2D eigenvalue weighted by Gasteiger charge is -2.35. The second-order valence-electron chi connectivity index (χ2n) is 7.05. The third-order valence-corrected chi connectivity index (χ3v) is 4.60. The molecule has 6 nitrogen and oxygen atoms in total. The van der Waals surface area contributed by atoms with Crippen LogP contribution in [0.2, 0.25) is 0 Å². The van der Waals surface area contributed by atoms with Gasteiger partial charge in [-0.15, -0.1) is 0 Å². The monoisotopic (exact) mass is 347 g/mol. The number of para-hydroxylation sites is 1. The van der Waals surface area contributed by atoms with Gasteiger partial charge in [-0.05, 0) is 30.4 Å². The van der Waals surface area contributed by atoms with Crippen LogP contribution in [-0.2, 0) is 9.53 Å². The Hall–Kier alpha value is -1.92. The molecule has 6 heteroatoms. The Morgan fingerprint density at radius 1 is 1.28 bits per heavy atom. The summed E-state index contributed by atoms with van der Waals surface area (Å²) < 4.78 is 5.14. The Kier molecular flexibility index (Phi) is 6.96. The van der Waals surface area contributed by atoms with Gasteiger partial charge in [0.2, 0.25) is 5.91 Å². The number of methoxy groups -OCH3 is 1. The molecule has 25 heavy (non-hydrogen) atoms. The van der Waals surface area contributed by atoms with Gasteiger partial charge >= 0.3 is 0 Å². The number of hydrogen-bond acceptors (Lipinski definition) is 4. The van der Waals surface area contributed by atoms with E-state index in [4.69, 9.17) is 10.5 Å². The second kappa shape index (κ2) is 8.97. The molecule has 1 fully saturated rings. The molecule has 0 radical (unpaired) electrons. The number of carbonyl (C=O) groups is 2. The number of rotatable bonds is 6. The fraction of sp³-hybridized carbons (Fsp3) is 0.579. The summed E-state index contributed by atoms with van der Waals surface area (Å²) in [5.74, 6) is 0.734. The van der Waals surface area contributed by atoms with Crippen LogP contribution in [0.3, 0.4) is 0 Å². The highest BCUT2D eigenvalue weighted by molar-refractivity contribution is 6.03. The molecule has 3 unspecified atom stereocenters. The molecule has 0 spiro atoms. The molecule has 3 atom stereocenters. The number of benzene rings is 1. The first-order valence-corrected chi connectivity index (χ1v) is 8.85. The molecule has 0 saturated carbocycles. The van der Waals surface area contributed by atoms with Crippen LogP contribution in [0.25, 0.3) is 0 Å². The van der Waals surface area contributed by atoms with Crippen LogP contribution < -0.4 is 11.1 Å². The zero-order valence-corrected chi connectivity index (χ0v) is 15.3. The molecule has 3 N–H and O–H groups in total. The Bertz CT molecular complexity index is 591. The van der Waals surface area contributed by atoms with Crippen molar-refractivity contribution >= 4 is 17.5 Å². The lowest BCUT2D eigenvalue weighted by atomic mass is 9.91. The molecule has 2 amide bonds. The van der Waals surface area contributed by atoms with Crippen molar-refractivity contribution in [3.8, 4) is 0 Å². The number of amides is 2. The van der Waals surface area contributed by atoms with Gasteiger partial charge in [-0.1, -0.05) is 26.0 Å². The first-order chi connectivity index (χ1) is 11.9. The van der Waals surface area contributed by atoms with E-state index in [-0.39, 0.29) is 30.9 Å². The topological polar surface area (TPSA) is 84.7 Å². The minimum absolute atomic E-state index is 0.0311. The van der Waals surface area contributed by atoms with E-state index in [2.05, 4.69) is 19.2 Å². The van der Waals surface area contributed by atoms with Gasteiger partial charge < -0.3 is 20.7 Å². The summed E-state index contributed by atoms with van der Waals surface area (Å²) in [4.78, 5) is 27.1. The Labute approximate surface area is 149 Å². The zero-order valence-electron chi connectivity index (χ0n) is 15.3. The standard InChI is InChI=1S/C19H29N3O3/c1-13-8-14(2)12-22(11-13)19(24)16-6-4-5-7-17(16)21-18(23)9-15(10-20)25-3/h4-7,13-15H,8-12,20H2,1-3H3,(H,21,23). The van der Waals surface area contributed by atoms with Crippen LogP contribution >= 0.6 is 0 Å². The van der Waals surface area contributed by atoms with Crippen molar-refractivity contribution in [1.29, 1.82) is 0 Å². The summed E-state index contributed by atoms with van der Waals surface area (Å²) in [7, 11) is 1.53. The average Bonchev–Trinajstić information content (AvgIpc) is 2.58. The van der Waals surface area contributed by atoms with Gasteiger partial charge in [-0.3, -0.25) is 9.59 Å². The van der Waals surface area contributed by atoms with Crippen molar-refractivity contribution in [2.75, 3.05) is 32.1 Å². The molecule has 1 heterocycles. The summed E-state index contributed by atoms with van der Waals surface area (Å²) in [6.45, 7) is 6.12.